The van der Waals surface area contributed by atoms with Crippen molar-refractivity contribution in [1.82, 2.24) is 14.9 Å². The third-order valence-electron chi connectivity index (χ3n) is 7.93. The summed E-state index contributed by atoms with van der Waals surface area (Å²) in [5, 5.41) is 3.35. The fourth-order valence-corrected chi connectivity index (χ4v) is 6.52. The zero-order valence-electron chi connectivity index (χ0n) is 24.1. The predicted octanol–water partition coefficient (Wildman–Crippen LogP) is 3.52. The number of anilines is 1. The van der Waals surface area contributed by atoms with E-state index in [4.69, 9.17) is 16.3 Å². The number of benzene rings is 3. The Labute approximate surface area is 261 Å². The first-order valence-electron chi connectivity index (χ1n) is 14.1. The Bertz CT molecular complexity index is 1670. The van der Waals surface area contributed by atoms with Crippen molar-refractivity contribution in [3.8, 4) is 5.75 Å². The van der Waals surface area contributed by atoms with Crippen molar-refractivity contribution in [2.24, 2.45) is 5.92 Å². The first-order valence-corrected chi connectivity index (χ1v) is 15.9. The first-order chi connectivity index (χ1) is 21.0. The molecule has 12 heteroatoms. The van der Waals surface area contributed by atoms with E-state index in [0.717, 1.165) is 11.3 Å². The number of carbonyl (C=O) groups is 3. The van der Waals surface area contributed by atoms with Crippen LogP contribution in [-0.4, -0.2) is 62.3 Å². The summed E-state index contributed by atoms with van der Waals surface area (Å²) < 4.78 is 34.5. The zero-order valence-corrected chi connectivity index (χ0v) is 25.7. The normalized spacial score (nSPS) is 21.2. The summed E-state index contributed by atoms with van der Waals surface area (Å²) in [6.45, 7) is 6.32. The molecular weight excluding hydrogens is 604 g/mol. The molecule has 2 N–H and O–H groups in total. The number of hydrogen-bond donors (Lipinski definition) is 2. The monoisotopic (exact) mass is 636 g/mol. The quantitative estimate of drug-likeness (QED) is 0.326. The third kappa shape index (κ3) is 6.74. The summed E-state index contributed by atoms with van der Waals surface area (Å²) in [4.78, 5) is 42.8. The lowest BCUT2D eigenvalue weighted by Crippen LogP contribution is -2.63. The Morgan fingerprint density at radius 2 is 1.77 bits per heavy atom. The minimum Gasteiger partial charge on any atom is -0.489 e. The van der Waals surface area contributed by atoms with Crippen LogP contribution >= 0.6 is 11.6 Å². The molecular formula is C32H33ClN4O6S. The number of amides is 3. The maximum absolute atomic E-state index is 13.8. The van der Waals surface area contributed by atoms with Crippen molar-refractivity contribution >= 4 is 45.0 Å². The van der Waals surface area contributed by atoms with Gasteiger partial charge in [-0.25, -0.2) is 13.1 Å². The van der Waals surface area contributed by atoms with Gasteiger partial charge in [-0.05, 0) is 48.4 Å². The Kier molecular flexibility index (Phi) is 8.98. The van der Waals surface area contributed by atoms with Gasteiger partial charge in [0.15, 0.2) is 0 Å². The van der Waals surface area contributed by atoms with E-state index < -0.39 is 39.3 Å². The van der Waals surface area contributed by atoms with E-state index in [1.165, 1.54) is 31.2 Å². The molecule has 5 rings (SSSR count). The molecule has 3 atom stereocenters. The van der Waals surface area contributed by atoms with Crippen LogP contribution in [0.1, 0.15) is 18.9 Å². The number of carbonyl (C=O) groups excluding carboxylic acids is 3. The molecule has 1 aliphatic carbocycles. The molecule has 0 aromatic heterocycles. The molecule has 3 amide bonds. The van der Waals surface area contributed by atoms with Gasteiger partial charge >= 0.3 is 0 Å². The lowest BCUT2D eigenvalue weighted by molar-refractivity contribution is -0.133. The number of ether oxygens (including phenoxy) is 1. The van der Waals surface area contributed by atoms with Crippen molar-refractivity contribution < 1.29 is 27.5 Å². The molecule has 0 bridgehead atoms. The summed E-state index contributed by atoms with van der Waals surface area (Å²) in [5.41, 5.74) is 0.122. The van der Waals surface area contributed by atoms with Gasteiger partial charge in [-0.2, -0.15) is 0 Å². The van der Waals surface area contributed by atoms with Crippen molar-refractivity contribution in [3.05, 3.63) is 102 Å². The van der Waals surface area contributed by atoms with E-state index in [9.17, 15) is 22.8 Å². The van der Waals surface area contributed by atoms with Crippen LogP contribution in [0.4, 0.5) is 5.69 Å². The second-order valence-electron chi connectivity index (χ2n) is 10.8. The molecule has 10 nitrogen and oxygen atoms in total. The SMILES string of the molecule is C=C[C@@H]1C[C@]1(NC(=O)C1CN(C(C)=O)CCN1c1ccc(Cl)cc1)C(=O)NS(=O)(=O)c1cccc(OCc2ccccc2)c1. The zero-order chi connectivity index (χ0) is 31.5. The lowest BCUT2D eigenvalue weighted by atomic mass is 10.1. The van der Waals surface area contributed by atoms with E-state index in [1.807, 2.05) is 35.2 Å². The second kappa shape index (κ2) is 12.7. The first kappa shape index (κ1) is 31.1. The average Bonchev–Trinajstić information content (AvgIpc) is 3.74. The average molecular weight is 637 g/mol. The van der Waals surface area contributed by atoms with Gasteiger partial charge in [0, 0.05) is 42.7 Å². The molecule has 3 aromatic rings. The Morgan fingerprint density at radius 3 is 2.43 bits per heavy atom. The topological polar surface area (TPSA) is 125 Å². The molecule has 230 valence electrons. The van der Waals surface area contributed by atoms with E-state index in [0.29, 0.717) is 23.9 Å². The second-order valence-corrected chi connectivity index (χ2v) is 13.0. The van der Waals surface area contributed by atoms with Crippen molar-refractivity contribution in [2.75, 3.05) is 24.5 Å². The number of halogens is 1. The number of nitrogens with zero attached hydrogens (tertiary/aromatic N) is 2. The maximum Gasteiger partial charge on any atom is 0.264 e. The van der Waals surface area contributed by atoms with Crippen LogP contribution in [0.2, 0.25) is 5.02 Å². The van der Waals surface area contributed by atoms with E-state index in [-0.39, 0.29) is 30.4 Å². The summed E-state index contributed by atoms with van der Waals surface area (Å²) in [7, 11) is -4.32. The van der Waals surface area contributed by atoms with Crippen LogP contribution in [0, 0.1) is 5.92 Å². The van der Waals surface area contributed by atoms with Gasteiger partial charge in [-0.15, -0.1) is 6.58 Å². The van der Waals surface area contributed by atoms with E-state index in [2.05, 4.69) is 16.6 Å². The van der Waals surface area contributed by atoms with Gasteiger partial charge in [-0.3, -0.25) is 14.4 Å². The predicted molar refractivity (Wildman–Crippen MR) is 167 cm³/mol. The largest absolute Gasteiger partial charge is 0.489 e. The molecule has 44 heavy (non-hydrogen) atoms. The van der Waals surface area contributed by atoms with Gasteiger partial charge in [0.05, 0.1) is 11.4 Å². The smallest absolute Gasteiger partial charge is 0.264 e. The number of rotatable bonds is 10. The molecule has 1 aliphatic heterocycles. The highest BCUT2D eigenvalue weighted by Crippen LogP contribution is 2.45. The van der Waals surface area contributed by atoms with Crippen molar-refractivity contribution in [3.63, 3.8) is 0 Å². The molecule has 3 aromatic carbocycles. The van der Waals surface area contributed by atoms with Gasteiger partial charge in [0.1, 0.15) is 23.9 Å². The van der Waals surface area contributed by atoms with Crippen LogP contribution in [-0.2, 0) is 31.0 Å². The molecule has 0 spiro atoms. The fourth-order valence-electron chi connectivity index (χ4n) is 5.32. The summed E-state index contributed by atoms with van der Waals surface area (Å²) in [5.74, 6) is -1.74. The highest BCUT2D eigenvalue weighted by Gasteiger charge is 2.61. The van der Waals surface area contributed by atoms with Crippen molar-refractivity contribution in [1.29, 1.82) is 0 Å². The van der Waals surface area contributed by atoms with Crippen molar-refractivity contribution in [2.45, 2.75) is 36.4 Å². The van der Waals surface area contributed by atoms with Gasteiger partial charge in [0.25, 0.3) is 15.9 Å². The summed E-state index contributed by atoms with van der Waals surface area (Å²) in [6.07, 6.45) is 1.69. The molecule has 1 heterocycles. The van der Waals surface area contributed by atoms with Crippen LogP contribution in [0.5, 0.6) is 5.75 Å². The number of hydrogen-bond acceptors (Lipinski definition) is 7. The molecule has 1 saturated carbocycles. The van der Waals surface area contributed by atoms with E-state index in [1.54, 1.807) is 35.2 Å². The van der Waals surface area contributed by atoms with Gasteiger partial charge in [0.2, 0.25) is 11.8 Å². The highest BCUT2D eigenvalue weighted by molar-refractivity contribution is 7.90. The molecule has 2 aliphatic rings. The van der Waals surface area contributed by atoms with Crippen LogP contribution in [0.3, 0.4) is 0 Å². The number of nitrogens with one attached hydrogen (secondary N) is 2. The highest BCUT2D eigenvalue weighted by atomic mass is 35.5. The van der Waals surface area contributed by atoms with Gasteiger partial charge in [-0.1, -0.05) is 54.1 Å². The number of piperazine rings is 1. The van der Waals surface area contributed by atoms with Crippen LogP contribution in [0.25, 0.3) is 0 Å². The van der Waals surface area contributed by atoms with Crippen LogP contribution in [0.15, 0.2) is 96.4 Å². The number of sulfonamides is 1. The molecule has 1 saturated heterocycles. The molecule has 1 unspecified atom stereocenters. The summed E-state index contributed by atoms with van der Waals surface area (Å²) >= 11 is 6.06. The van der Waals surface area contributed by atoms with Crippen LogP contribution < -0.4 is 19.7 Å². The minimum absolute atomic E-state index is 0.0916. The Hall–Kier alpha value is -4.35. The minimum atomic E-state index is -4.32. The maximum atomic E-state index is 13.8. The Morgan fingerprint density at radius 1 is 1.05 bits per heavy atom. The molecule has 2 fully saturated rings. The fraction of sp³-hybridized carbons (Fsp3) is 0.281. The van der Waals surface area contributed by atoms with Gasteiger partial charge < -0.3 is 19.9 Å². The Balaban J connectivity index is 1.32. The standard InChI is InChI=1S/C32H33ClN4O6S/c1-3-24-19-32(24,34-30(39)29-20-36(22(2)38)16-17-37(29)26-14-12-25(33)13-15-26)31(40)35-44(41,42)28-11-7-10-27(18-28)43-21-23-8-5-4-6-9-23/h3-15,18,24,29H,1,16-17,19-21H2,2H3,(H,34,39)(H,35,40)/t24-,29?,32-/m1/s1. The summed E-state index contributed by atoms with van der Waals surface area (Å²) in [6, 6.07) is 21.4. The lowest BCUT2D eigenvalue weighted by Gasteiger charge is -2.42. The third-order valence-corrected chi connectivity index (χ3v) is 9.51. The van der Waals surface area contributed by atoms with E-state index >= 15 is 0 Å². The molecule has 0 radical (unpaired) electrons.